The Labute approximate surface area is 112 Å². The van der Waals surface area contributed by atoms with Gasteiger partial charge in [0.15, 0.2) is 0 Å². The number of ketones is 1. The minimum Gasteiger partial charge on any atom is -0.299 e. The minimum atomic E-state index is -0.616. The molecule has 0 fully saturated rings. The number of carbonyl (C=O) groups is 1. The fraction of sp³-hybridized carbons (Fsp3) is 0.417. The third-order valence-corrected chi connectivity index (χ3v) is 3.11. The van der Waals surface area contributed by atoms with Crippen molar-refractivity contribution in [1.82, 2.24) is 0 Å². The molecule has 0 spiro atoms. The number of nitrogens with zero attached hydrogens (tertiary/aromatic N) is 1. The van der Waals surface area contributed by atoms with Gasteiger partial charge in [0.1, 0.15) is 11.6 Å². The highest BCUT2D eigenvalue weighted by molar-refractivity contribution is 9.10. The van der Waals surface area contributed by atoms with E-state index in [4.69, 9.17) is 0 Å². The van der Waals surface area contributed by atoms with Crippen LogP contribution in [0.25, 0.3) is 0 Å². The normalized spacial score (nSPS) is 11.4. The summed E-state index contributed by atoms with van der Waals surface area (Å²) in [6.07, 6.45) is -0.149. The standard InChI is InChI=1S/C12H13BrFNO3/c1-12(2,3)11(16)5-7-4-9(14)8(13)6-10(7)15(17)18/h4,6H,5H2,1-3H3. The van der Waals surface area contributed by atoms with E-state index in [1.165, 1.54) is 0 Å². The Hall–Kier alpha value is -1.30. The van der Waals surface area contributed by atoms with Gasteiger partial charge in [-0.15, -0.1) is 0 Å². The number of hydrogen-bond donors (Lipinski definition) is 0. The van der Waals surface area contributed by atoms with Gasteiger partial charge in [-0.05, 0) is 22.0 Å². The van der Waals surface area contributed by atoms with Crippen molar-refractivity contribution in [3.63, 3.8) is 0 Å². The molecule has 6 heteroatoms. The van der Waals surface area contributed by atoms with Crippen LogP contribution in [-0.2, 0) is 11.2 Å². The highest BCUT2D eigenvalue weighted by Crippen LogP contribution is 2.29. The molecule has 0 saturated carbocycles. The maximum atomic E-state index is 13.4. The third-order valence-electron chi connectivity index (χ3n) is 2.51. The van der Waals surface area contributed by atoms with Gasteiger partial charge in [0.2, 0.25) is 0 Å². The molecule has 0 atom stereocenters. The Morgan fingerprint density at radius 3 is 2.44 bits per heavy atom. The molecule has 0 amide bonds. The predicted octanol–water partition coefficient (Wildman–Crippen LogP) is 3.65. The summed E-state index contributed by atoms with van der Waals surface area (Å²) >= 11 is 2.89. The van der Waals surface area contributed by atoms with Gasteiger partial charge >= 0.3 is 0 Å². The van der Waals surface area contributed by atoms with E-state index in [0.29, 0.717) is 0 Å². The van der Waals surface area contributed by atoms with E-state index in [1.54, 1.807) is 20.8 Å². The predicted molar refractivity (Wildman–Crippen MR) is 68.9 cm³/mol. The van der Waals surface area contributed by atoms with Gasteiger partial charge in [-0.2, -0.15) is 0 Å². The van der Waals surface area contributed by atoms with Gasteiger partial charge in [-0.1, -0.05) is 20.8 Å². The lowest BCUT2D eigenvalue weighted by molar-refractivity contribution is -0.385. The molecule has 1 aromatic carbocycles. The van der Waals surface area contributed by atoms with Crippen LogP contribution in [0.1, 0.15) is 26.3 Å². The summed E-state index contributed by atoms with van der Waals surface area (Å²) in [4.78, 5) is 22.1. The van der Waals surface area contributed by atoms with Gasteiger partial charge in [-0.25, -0.2) is 4.39 Å². The van der Waals surface area contributed by atoms with Crippen LogP contribution >= 0.6 is 15.9 Å². The van der Waals surface area contributed by atoms with Gasteiger partial charge in [0.25, 0.3) is 5.69 Å². The molecule has 4 nitrogen and oxygen atoms in total. The Morgan fingerprint density at radius 1 is 1.44 bits per heavy atom. The van der Waals surface area contributed by atoms with Crippen molar-refractivity contribution in [2.24, 2.45) is 5.41 Å². The van der Waals surface area contributed by atoms with Gasteiger partial charge in [0, 0.05) is 23.5 Å². The van der Waals surface area contributed by atoms with Crippen molar-refractivity contribution in [1.29, 1.82) is 0 Å². The molecular formula is C12H13BrFNO3. The Morgan fingerprint density at radius 2 is 2.00 bits per heavy atom. The zero-order valence-corrected chi connectivity index (χ0v) is 11.9. The van der Waals surface area contributed by atoms with E-state index in [2.05, 4.69) is 15.9 Å². The SMILES string of the molecule is CC(C)(C)C(=O)Cc1cc(F)c(Br)cc1[N+](=O)[O-]. The highest BCUT2D eigenvalue weighted by atomic mass is 79.9. The number of benzene rings is 1. The summed E-state index contributed by atoms with van der Waals surface area (Å²) in [6, 6.07) is 2.12. The van der Waals surface area contributed by atoms with Crippen LogP contribution in [0, 0.1) is 21.3 Å². The molecule has 0 aliphatic heterocycles. The van der Waals surface area contributed by atoms with Crippen molar-refractivity contribution in [2.75, 3.05) is 0 Å². The lowest BCUT2D eigenvalue weighted by atomic mass is 9.87. The van der Waals surface area contributed by atoms with E-state index in [-0.39, 0.29) is 27.9 Å². The van der Waals surface area contributed by atoms with E-state index in [0.717, 1.165) is 12.1 Å². The Balaban J connectivity index is 3.20. The zero-order chi connectivity index (χ0) is 14.1. The second kappa shape index (κ2) is 5.14. The molecule has 0 unspecified atom stereocenters. The smallest absolute Gasteiger partial charge is 0.274 e. The molecule has 0 bridgehead atoms. The lowest BCUT2D eigenvalue weighted by Crippen LogP contribution is -2.22. The van der Waals surface area contributed by atoms with Gasteiger partial charge in [0.05, 0.1) is 9.40 Å². The first-order valence-electron chi connectivity index (χ1n) is 5.28. The first-order valence-corrected chi connectivity index (χ1v) is 6.08. The van der Waals surface area contributed by atoms with E-state index in [1.807, 2.05) is 0 Å². The topological polar surface area (TPSA) is 60.2 Å². The summed E-state index contributed by atoms with van der Waals surface area (Å²) in [5.74, 6) is -0.787. The fourth-order valence-corrected chi connectivity index (χ4v) is 1.66. The fourth-order valence-electron chi connectivity index (χ4n) is 1.33. The quantitative estimate of drug-likeness (QED) is 0.631. The summed E-state index contributed by atoms with van der Waals surface area (Å²) in [7, 11) is 0. The first-order chi connectivity index (χ1) is 8.12. The summed E-state index contributed by atoms with van der Waals surface area (Å²) in [5.41, 5.74) is -0.765. The van der Waals surface area contributed by atoms with Crippen molar-refractivity contribution < 1.29 is 14.1 Å². The van der Waals surface area contributed by atoms with Crippen LogP contribution < -0.4 is 0 Å². The van der Waals surface area contributed by atoms with Crippen LogP contribution in [0.15, 0.2) is 16.6 Å². The molecule has 1 rings (SSSR count). The molecule has 98 valence electrons. The monoisotopic (exact) mass is 317 g/mol. The summed E-state index contributed by atoms with van der Waals surface area (Å²) in [5, 5.41) is 10.9. The number of carbonyl (C=O) groups excluding carboxylic acids is 1. The number of nitro benzene ring substituents is 1. The number of hydrogen-bond acceptors (Lipinski definition) is 3. The summed E-state index contributed by atoms with van der Waals surface area (Å²) < 4.78 is 13.4. The molecule has 0 heterocycles. The second-order valence-electron chi connectivity index (χ2n) is 5.00. The highest BCUT2D eigenvalue weighted by Gasteiger charge is 2.26. The maximum absolute atomic E-state index is 13.4. The van der Waals surface area contributed by atoms with Crippen molar-refractivity contribution >= 4 is 27.4 Å². The van der Waals surface area contributed by atoms with Gasteiger partial charge in [-0.3, -0.25) is 14.9 Å². The van der Waals surface area contributed by atoms with Gasteiger partial charge < -0.3 is 0 Å². The lowest BCUT2D eigenvalue weighted by Gasteiger charge is -2.16. The molecule has 1 aromatic rings. The molecule has 0 aliphatic rings. The van der Waals surface area contributed by atoms with Crippen LogP contribution in [0.4, 0.5) is 10.1 Å². The zero-order valence-electron chi connectivity index (χ0n) is 10.3. The van der Waals surface area contributed by atoms with Crippen molar-refractivity contribution in [3.05, 3.63) is 38.1 Å². The molecule has 0 aromatic heterocycles. The number of Topliss-reactive ketones (excluding diaryl/α,β-unsaturated/α-hetero) is 1. The van der Waals surface area contributed by atoms with Crippen LogP contribution in [0.5, 0.6) is 0 Å². The second-order valence-corrected chi connectivity index (χ2v) is 5.86. The Bertz CT molecular complexity index is 509. The number of rotatable bonds is 3. The first kappa shape index (κ1) is 14.8. The number of nitro groups is 1. The van der Waals surface area contributed by atoms with Crippen LogP contribution in [-0.4, -0.2) is 10.7 Å². The minimum absolute atomic E-state index is 0.0150. The average Bonchev–Trinajstić information content (AvgIpc) is 2.21. The molecule has 0 N–H and O–H groups in total. The largest absolute Gasteiger partial charge is 0.299 e. The van der Waals surface area contributed by atoms with Crippen LogP contribution in [0.2, 0.25) is 0 Å². The van der Waals surface area contributed by atoms with Crippen LogP contribution in [0.3, 0.4) is 0 Å². The summed E-state index contributed by atoms with van der Waals surface area (Å²) in [6.45, 7) is 5.16. The molecular weight excluding hydrogens is 305 g/mol. The average molecular weight is 318 g/mol. The molecule has 0 saturated heterocycles. The molecule has 0 radical (unpaired) electrons. The number of halogens is 2. The van der Waals surface area contributed by atoms with Crippen molar-refractivity contribution in [3.8, 4) is 0 Å². The van der Waals surface area contributed by atoms with E-state index >= 15 is 0 Å². The van der Waals surface area contributed by atoms with E-state index < -0.39 is 16.2 Å². The molecule has 18 heavy (non-hydrogen) atoms. The third kappa shape index (κ3) is 3.35. The molecule has 0 aliphatic carbocycles. The van der Waals surface area contributed by atoms with E-state index in [9.17, 15) is 19.3 Å². The van der Waals surface area contributed by atoms with Crippen molar-refractivity contribution in [2.45, 2.75) is 27.2 Å². The maximum Gasteiger partial charge on any atom is 0.274 e. The Kier molecular flexibility index (Phi) is 4.21.